The topological polar surface area (TPSA) is 78.9 Å². The summed E-state index contributed by atoms with van der Waals surface area (Å²) in [4.78, 5) is 37.8. The molecule has 0 radical (unpaired) electrons. The molecule has 0 aliphatic carbocycles. The van der Waals surface area contributed by atoms with Gasteiger partial charge in [-0.1, -0.05) is 193 Å². The van der Waals surface area contributed by atoms with Gasteiger partial charge in [0.2, 0.25) is 0 Å². The highest BCUT2D eigenvalue weighted by Gasteiger charge is 2.19. The minimum atomic E-state index is -0.853. The molecule has 63 heavy (non-hydrogen) atoms. The average Bonchev–Trinajstić information content (AvgIpc) is 3.28. The molecule has 0 aliphatic heterocycles. The lowest BCUT2D eigenvalue weighted by molar-refractivity contribution is -0.166. The molecule has 0 amide bonds. The van der Waals surface area contributed by atoms with E-state index in [-0.39, 0.29) is 31.6 Å². The van der Waals surface area contributed by atoms with Gasteiger partial charge in [0, 0.05) is 12.8 Å². The van der Waals surface area contributed by atoms with Crippen LogP contribution in [0.2, 0.25) is 0 Å². The number of esters is 3. The zero-order valence-electron chi connectivity index (χ0n) is 40.0. The molecule has 6 heteroatoms. The molecule has 0 spiro atoms. The third kappa shape index (κ3) is 48.4. The van der Waals surface area contributed by atoms with Gasteiger partial charge in [-0.05, 0) is 109 Å². The monoisotopic (exact) mass is 869 g/mol. The fourth-order valence-corrected chi connectivity index (χ4v) is 5.99. The molecule has 0 saturated carbocycles. The Bertz CT molecular complexity index is 1420. The second-order valence-corrected chi connectivity index (χ2v) is 15.6. The van der Waals surface area contributed by atoms with Gasteiger partial charge in [0.25, 0.3) is 0 Å². The van der Waals surface area contributed by atoms with Crippen LogP contribution in [0.3, 0.4) is 0 Å². The molecule has 0 aromatic rings. The zero-order chi connectivity index (χ0) is 45.8. The van der Waals surface area contributed by atoms with E-state index in [1.54, 1.807) is 6.08 Å². The van der Waals surface area contributed by atoms with Crippen molar-refractivity contribution in [1.82, 2.24) is 0 Å². The Labute approximate surface area is 385 Å². The zero-order valence-corrected chi connectivity index (χ0v) is 40.0. The summed E-state index contributed by atoms with van der Waals surface area (Å²) in [5.74, 6) is -1.12. The van der Waals surface area contributed by atoms with Crippen molar-refractivity contribution in [2.45, 2.75) is 194 Å². The molecule has 0 aliphatic rings. The first-order valence-corrected chi connectivity index (χ1v) is 24.7. The van der Waals surface area contributed by atoms with Crippen molar-refractivity contribution in [3.63, 3.8) is 0 Å². The lowest BCUT2D eigenvalue weighted by Gasteiger charge is -2.18. The molecule has 0 saturated heterocycles. The number of carbonyl (C=O) groups is 3. The van der Waals surface area contributed by atoms with Crippen LogP contribution in [0.15, 0.2) is 134 Å². The number of allylic oxidation sites excluding steroid dienone is 21. The van der Waals surface area contributed by atoms with Gasteiger partial charge in [0.05, 0.1) is 6.42 Å². The highest BCUT2D eigenvalue weighted by Crippen LogP contribution is 2.11. The maximum Gasteiger partial charge on any atom is 0.310 e. The van der Waals surface area contributed by atoms with Crippen LogP contribution in [0.1, 0.15) is 188 Å². The van der Waals surface area contributed by atoms with Crippen LogP contribution in [0.4, 0.5) is 0 Å². The summed E-state index contributed by atoms with van der Waals surface area (Å²) in [5.41, 5.74) is 0. The van der Waals surface area contributed by atoms with Gasteiger partial charge in [-0.25, -0.2) is 0 Å². The summed E-state index contributed by atoms with van der Waals surface area (Å²) < 4.78 is 16.6. The fraction of sp³-hybridized carbons (Fsp3) is 0.561. The fourth-order valence-electron chi connectivity index (χ4n) is 5.99. The van der Waals surface area contributed by atoms with Crippen molar-refractivity contribution in [2.75, 3.05) is 13.2 Å². The second-order valence-electron chi connectivity index (χ2n) is 15.6. The highest BCUT2D eigenvalue weighted by molar-refractivity contribution is 5.72. The lowest BCUT2D eigenvalue weighted by atomic mass is 10.1. The molecule has 0 aromatic heterocycles. The number of ether oxygens (including phenoxy) is 3. The van der Waals surface area contributed by atoms with E-state index in [0.717, 1.165) is 116 Å². The Morgan fingerprint density at radius 2 is 0.667 bits per heavy atom. The summed E-state index contributed by atoms with van der Waals surface area (Å²) in [6, 6.07) is 0. The van der Waals surface area contributed by atoms with E-state index in [2.05, 4.69) is 142 Å². The normalized spacial score (nSPS) is 13.3. The number of unbranched alkanes of at least 4 members (excludes halogenated alkanes) is 10. The van der Waals surface area contributed by atoms with Gasteiger partial charge >= 0.3 is 17.9 Å². The Morgan fingerprint density at radius 3 is 1.08 bits per heavy atom. The van der Waals surface area contributed by atoms with Crippen LogP contribution in [0.5, 0.6) is 0 Å². The molecular formula is C57H88O6. The van der Waals surface area contributed by atoms with E-state index in [1.807, 2.05) is 6.08 Å². The molecule has 0 bridgehead atoms. The summed E-state index contributed by atoms with van der Waals surface area (Å²) in [7, 11) is 0. The van der Waals surface area contributed by atoms with E-state index >= 15 is 0 Å². The van der Waals surface area contributed by atoms with Crippen molar-refractivity contribution >= 4 is 17.9 Å². The van der Waals surface area contributed by atoms with Crippen molar-refractivity contribution in [3.05, 3.63) is 134 Å². The predicted molar refractivity (Wildman–Crippen MR) is 269 cm³/mol. The summed E-state index contributed by atoms with van der Waals surface area (Å²) in [5, 5.41) is 0. The minimum Gasteiger partial charge on any atom is -0.462 e. The summed E-state index contributed by atoms with van der Waals surface area (Å²) in [6.45, 7) is 6.22. The number of hydrogen-bond acceptors (Lipinski definition) is 6. The van der Waals surface area contributed by atoms with Gasteiger partial charge in [-0.2, -0.15) is 0 Å². The Hall–Kier alpha value is -4.45. The third-order valence-corrected chi connectivity index (χ3v) is 9.65. The summed E-state index contributed by atoms with van der Waals surface area (Å²) >= 11 is 0. The van der Waals surface area contributed by atoms with Crippen molar-refractivity contribution < 1.29 is 28.6 Å². The van der Waals surface area contributed by atoms with E-state index in [4.69, 9.17) is 14.2 Å². The molecule has 352 valence electrons. The molecule has 0 rings (SSSR count). The standard InChI is InChI=1S/C57H88O6/c1-4-7-10-13-16-19-22-24-26-27-28-29-31-32-35-38-41-44-47-50-56(59)62-53-54(52-61-55(58)49-46-43-40-37-34-21-18-15-12-9-6-3)63-57(60)51-48-45-42-39-36-33-30-25-23-20-17-14-11-8-5-2/h7-8,10-11,15-20,24-26,28-30,32,35-36,39,45,48,54H,4-6,9,12-14,21-23,27,31,33-34,37-38,40-44,46-47,49-53H2,1-3H3/b10-7-,11-8-,18-15-,19-16-,20-17-,26-24-,29-28-,30-25-,35-32-,39-36-,48-45-. The molecule has 6 nitrogen and oxygen atoms in total. The van der Waals surface area contributed by atoms with Crippen LogP contribution in [0.25, 0.3) is 0 Å². The van der Waals surface area contributed by atoms with Gasteiger partial charge in [0.15, 0.2) is 6.10 Å². The van der Waals surface area contributed by atoms with Gasteiger partial charge in [-0.3, -0.25) is 14.4 Å². The summed E-state index contributed by atoms with van der Waals surface area (Å²) in [6.07, 6.45) is 70.3. The average molecular weight is 869 g/mol. The van der Waals surface area contributed by atoms with E-state index in [1.165, 1.54) is 25.7 Å². The van der Waals surface area contributed by atoms with Gasteiger partial charge in [0.1, 0.15) is 13.2 Å². The largest absolute Gasteiger partial charge is 0.462 e. The molecule has 0 N–H and O–H groups in total. The van der Waals surface area contributed by atoms with E-state index in [9.17, 15) is 14.4 Å². The number of rotatable bonds is 42. The highest BCUT2D eigenvalue weighted by atomic mass is 16.6. The molecule has 0 fully saturated rings. The lowest BCUT2D eigenvalue weighted by Crippen LogP contribution is -2.30. The molecule has 1 unspecified atom stereocenters. The maximum atomic E-state index is 12.7. The van der Waals surface area contributed by atoms with Crippen molar-refractivity contribution in [1.29, 1.82) is 0 Å². The smallest absolute Gasteiger partial charge is 0.310 e. The van der Waals surface area contributed by atoms with Crippen molar-refractivity contribution in [3.8, 4) is 0 Å². The van der Waals surface area contributed by atoms with Crippen LogP contribution >= 0.6 is 0 Å². The molecule has 0 aromatic carbocycles. The van der Waals surface area contributed by atoms with Crippen molar-refractivity contribution in [2.24, 2.45) is 0 Å². The quantitative estimate of drug-likeness (QED) is 0.0263. The van der Waals surface area contributed by atoms with E-state index in [0.29, 0.717) is 19.3 Å². The molecule has 1 atom stereocenters. The third-order valence-electron chi connectivity index (χ3n) is 9.65. The number of hydrogen-bond donors (Lipinski definition) is 0. The van der Waals surface area contributed by atoms with E-state index < -0.39 is 12.1 Å². The maximum absolute atomic E-state index is 12.7. The Balaban J connectivity index is 4.58. The molecular weight excluding hydrogens is 781 g/mol. The van der Waals surface area contributed by atoms with Crippen LogP contribution in [-0.2, 0) is 28.6 Å². The van der Waals surface area contributed by atoms with Crippen LogP contribution < -0.4 is 0 Å². The second kappa shape index (κ2) is 50.2. The first-order valence-electron chi connectivity index (χ1n) is 24.7. The van der Waals surface area contributed by atoms with Gasteiger partial charge in [-0.15, -0.1) is 0 Å². The van der Waals surface area contributed by atoms with Crippen LogP contribution in [0, 0.1) is 0 Å². The first kappa shape index (κ1) is 58.6. The van der Waals surface area contributed by atoms with Gasteiger partial charge < -0.3 is 14.2 Å². The number of carbonyl (C=O) groups excluding carboxylic acids is 3. The Kier molecular flexibility index (Phi) is 46.7. The first-order chi connectivity index (χ1) is 31.0. The molecule has 0 heterocycles. The SMILES string of the molecule is CC/C=C\C/C=C\C/C=C\C/C=C\C/C=C\CCCCCC(=O)OCC(COC(=O)CCCCCCC/C=C\CCCC)OC(=O)C/C=C\C/C=C\C/C=C\C/C=C\C/C=C\CC. The minimum absolute atomic E-state index is 0.0817. The van der Waals surface area contributed by atoms with Crippen LogP contribution in [-0.4, -0.2) is 37.2 Å². The predicted octanol–water partition coefficient (Wildman–Crippen LogP) is 16.3. The Morgan fingerprint density at radius 1 is 0.349 bits per heavy atom.